The Balaban J connectivity index is 2.03. The first kappa shape index (κ1) is 19.5. The van der Waals surface area contributed by atoms with Crippen LogP contribution in [0.5, 0.6) is 0 Å². The second-order valence-electron chi connectivity index (χ2n) is 8.85. The van der Waals surface area contributed by atoms with Gasteiger partial charge in [0.2, 0.25) is 0 Å². The number of hydrogen-bond acceptors (Lipinski definition) is 2. The molecule has 2 heteroatoms. The highest BCUT2D eigenvalue weighted by molar-refractivity contribution is 5.33. The lowest BCUT2D eigenvalue weighted by atomic mass is 9.73. The molecule has 0 saturated carbocycles. The third-order valence-corrected chi connectivity index (χ3v) is 5.33. The van der Waals surface area contributed by atoms with Gasteiger partial charge in [0.05, 0.1) is 0 Å². The van der Waals surface area contributed by atoms with Crippen LogP contribution in [0, 0.1) is 5.41 Å². The highest BCUT2D eigenvalue weighted by atomic mass is 16.5. The fourth-order valence-corrected chi connectivity index (χ4v) is 4.04. The molecule has 0 radical (unpaired) electrons. The first-order valence-electron chi connectivity index (χ1n) is 9.77. The van der Waals surface area contributed by atoms with Gasteiger partial charge in [-0.2, -0.15) is 0 Å². The fourth-order valence-electron chi connectivity index (χ4n) is 4.04. The van der Waals surface area contributed by atoms with Crippen molar-refractivity contribution >= 4 is 0 Å². The van der Waals surface area contributed by atoms with Gasteiger partial charge in [0.15, 0.2) is 0 Å². The first-order chi connectivity index (χ1) is 11.3. The molecule has 2 atom stereocenters. The Morgan fingerprint density at radius 3 is 2.50 bits per heavy atom. The van der Waals surface area contributed by atoms with E-state index in [1.165, 1.54) is 43.2 Å². The van der Waals surface area contributed by atoms with E-state index in [4.69, 9.17) is 4.74 Å². The van der Waals surface area contributed by atoms with Gasteiger partial charge in [-0.25, -0.2) is 0 Å². The molecule has 2 unspecified atom stereocenters. The van der Waals surface area contributed by atoms with Crippen molar-refractivity contribution in [2.45, 2.75) is 84.8 Å². The summed E-state index contributed by atoms with van der Waals surface area (Å²) in [4.78, 5) is 0. The third kappa shape index (κ3) is 5.60. The zero-order valence-electron chi connectivity index (χ0n) is 16.5. The predicted octanol–water partition coefficient (Wildman–Crippen LogP) is 5.45. The Labute approximate surface area is 149 Å². The molecule has 1 aromatic carbocycles. The number of nitrogens with one attached hydrogen (secondary N) is 1. The van der Waals surface area contributed by atoms with Crippen molar-refractivity contribution in [3.63, 3.8) is 0 Å². The van der Waals surface area contributed by atoms with Crippen LogP contribution in [-0.4, -0.2) is 19.4 Å². The Kier molecular flexibility index (Phi) is 6.88. The Morgan fingerprint density at radius 1 is 1.12 bits per heavy atom. The first-order valence-corrected chi connectivity index (χ1v) is 9.77. The number of rotatable bonds is 8. The second-order valence-corrected chi connectivity index (χ2v) is 8.85. The molecule has 0 spiro atoms. The van der Waals surface area contributed by atoms with Crippen molar-refractivity contribution < 1.29 is 4.74 Å². The van der Waals surface area contributed by atoms with E-state index in [0.717, 1.165) is 19.6 Å². The molecule has 0 bridgehead atoms. The van der Waals surface area contributed by atoms with Gasteiger partial charge in [-0.15, -0.1) is 0 Å². The van der Waals surface area contributed by atoms with Crippen LogP contribution in [-0.2, 0) is 16.6 Å². The monoisotopic (exact) mass is 331 g/mol. The van der Waals surface area contributed by atoms with Crippen LogP contribution in [0.25, 0.3) is 0 Å². The number of ether oxygens (including phenoxy) is 1. The molecule has 1 aliphatic heterocycles. The minimum absolute atomic E-state index is 0.208. The average Bonchev–Trinajstić information content (AvgIpc) is 3.00. The molecular weight excluding hydrogens is 294 g/mol. The summed E-state index contributed by atoms with van der Waals surface area (Å²) in [6.45, 7) is 13.7. The minimum atomic E-state index is 0.208. The van der Waals surface area contributed by atoms with E-state index in [1.807, 2.05) is 0 Å². The lowest BCUT2D eigenvalue weighted by molar-refractivity contribution is 0.0801. The van der Waals surface area contributed by atoms with E-state index in [2.05, 4.69) is 64.2 Å². The molecule has 1 N–H and O–H groups in total. The molecule has 2 rings (SSSR count). The van der Waals surface area contributed by atoms with Crippen molar-refractivity contribution in [1.29, 1.82) is 0 Å². The number of hydrogen-bond donors (Lipinski definition) is 1. The molecule has 1 fully saturated rings. The quantitative estimate of drug-likeness (QED) is 0.684. The van der Waals surface area contributed by atoms with Gasteiger partial charge in [-0.1, -0.05) is 65.3 Å². The summed E-state index contributed by atoms with van der Waals surface area (Å²) in [5.41, 5.74) is 3.58. The summed E-state index contributed by atoms with van der Waals surface area (Å²) in [5.74, 6) is 0. The SMILES string of the molecule is CCCC(C)(CCNC1CCCO1)Cc1ccccc1C(C)(C)C. The maximum atomic E-state index is 5.70. The topological polar surface area (TPSA) is 21.3 Å². The van der Waals surface area contributed by atoms with E-state index in [-0.39, 0.29) is 11.6 Å². The van der Waals surface area contributed by atoms with Crippen molar-refractivity contribution in [1.82, 2.24) is 5.32 Å². The maximum absolute atomic E-state index is 5.70. The van der Waals surface area contributed by atoms with Crippen molar-refractivity contribution in [2.24, 2.45) is 5.41 Å². The van der Waals surface area contributed by atoms with Crippen molar-refractivity contribution in [2.75, 3.05) is 13.2 Å². The van der Waals surface area contributed by atoms with Crippen LogP contribution < -0.4 is 5.32 Å². The minimum Gasteiger partial charge on any atom is -0.363 e. The Hall–Kier alpha value is -0.860. The summed E-state index contributed by atoms with van der Waals surface area (Å²) in [5, 5.41) is 3.60. The van der Waals surface area contributed by atoms with Crippen LogP contribution in [0.1, 0.15) is 77.8 Å². The van der Waals surface area contributed by atoms with Crippen molar-refractivity contribution in [3.05, 3.63) is 35.4 Å². The largest absolute Gasteiger partial charge is 0.363 e. The van der Waals surface area contributed by atoms with Crippen LogP contribution in [0.15, 0.2) is 24.3 Å². The Bertz CT molecular complexity index is 499. The van der Waals surface area contributed by atoms with E-state index in [1.54, 1.807) is 0 Å². The summed E-state index contributed by atoms with van der Waals surface area (Å²) in [7, 11) is 0. The van der Waals surface area contributed by atoms with Gasteiger partial charge in [0.25, 0.3) is 0 Å². The smallest absolute Gasteiger partial charge is 0.108 e. The zero-order chi connectivity index (χ0) is 17.6. The van der Waals surface area contributed by atoms with Crippen LogP contribution in [0.3, 0.4) is 0 Å². The molecule has 1 saturated heterocycles. The lowest BCUT2D eigenvalue weighted by Gasteiger charge is -2.33. The molecule has 1 heterocycles. The molecule has 1 aliphatic rings. The highest BCUT2D eigenvalue weighted by Crippen LogP contribution is 2.35. The predicted molar refractivity (Wildman–Crippen MR) is 103 cm³/mol. The highest BCUT2D eigenvalue weighted by Gasteiger charge is 2.27. The van der Waals surface area contributed by atoms with Gasteiger partial charge in [0.1, 0.15) is 6.23 Å². The standard InChI is InChI=1S/C22H37NO/c1-6-13-22(5,14-15-23-20-12-9-16-24-20)17-18-10-7-8-11-19(18)21(2,3)4/h7-8,10-11,20,23H,6,9,12-17H2,1-5H3. The summed E-state index contributed by atoms with van der Waals surface area (Å²) >= 11 is 0. The van der Waals surface area contributed by atoms with E-state index in [0.29, 0.717) is 5.41 Å². The molecular formula is C22H37NO. The second kappa shape index (κ2) is 8.49. The normalized spacial score (nSPS) is 21.0. The van der Waals surface area contributed by atoms with Gasteiger partial charge < -0.3 is 4.74 Å². The zero-order valence-corrected chi connectivity index (χ0v) is 16.5. The number of benzene rings is 1. The molecule has 0 amide bonds. The van der Waals surface area contributed by atoms with Crippen LogP contribution >= 0.6 is 0 Å². The molecule has 0 aromatic heterocycles. The van der Waals surface area contributed by atoms with Gasteiger partial charge in [0, 0.05) is 6.61 Å². The van der Waals surface area contributed by atoms with Gasteiger partial charge in [-0.05, 0) is 60.6 Å². The van der Waals surface area contributed by atoms with E-state index >= 15 is 0 Å². The van der Waals surface area contributed by atoms with Crippen molar-refractivity contribution in [3.8, 4) is 0 Å². The fraction of sp³-hybridized carbons (Fsp3) is 0.727. The molecule has 2 nitrogen and oxygen atoms in total. The molecule has 24 heavy (non-hydrogen) atoms. The lowest BCUT2D eigenvalue weighted by Crippen LogP contribution is -2.33. The maximum Gasteiger partial charge on any atom is 0.108 e. The average molecular weight is 332 g/mol. The summed E-state index contributed by atoms with van der Waals surface area (Å²) in [6, 6.07) is 9.02. The molecule has 0 aliphatic carbocycles. The Morgan fingerprint density at radius 2 is 1.88 bits per heavy atom. The summed E-state index contributed by atoms with van der Waals surface area (Å²) in [6.07, 6.45) is 7.55. The van der Waals surface area contributed by atoms with E-state index in [9.17, 15) is 0 Å². The van der Waals surface area contributed by atoms with Crippen LogP contribution in [0.2, 0.25) is 0 Å². The van der Waals surface area contributed by atoms with Gasteiger partial charge >= 0.3 is 0 Å². The van der Waals surface area contributed by atoms with E-state index < -0.39 is 0 Å². The summed E-state index contributed by atoms with van der Waals surface area (Å²) < 4.78 is 5.70. The van der Waals surface area contributed by atoms with Gasteiger partial charge in [-0.3, -0.25) is 5.32 Å². The third-order valence-electron chi connectivity index (χ3n) is 5.33. The molecule has 1 aromatic rings. The van der Waals surface area contributed by atoms with Crippen LogP contribution in [0.4, 0.5) is 0 Å². The molecule has 136 valence electrons.